The van der Waals surface area contributed by atoms with E-state index in [1.165, 1.54) is 6.08 Å². The Hall–Kier alpha value is -3.25. The van der Waals surface area contributed by atoms with Crippen molar-refractivity contribution in [3.63, 3.8) is 0 Å². The monoisotopic (exact) mass is 423 g/mol. The van der Waals surface area contributed by atoms with Crippen molar-refractivity contribution in [1.82, 2.24) is 9.78 Å². The van der Waals surface area contributed by atoms with Gasteiger partial charge >= 0.3 is 0 Å². The molecule has 3 aromatic rings. The van der Waals surface area contributed by atoms with E-state index in [2.05, 4.69) is 10.4 Å². The maximum atomic E-state index is 12.5. The largest absolute Gasteiger partial charge is 0.489 e. The minimum Gasteiger partial charge on any atom is -0.489 e. The van der Waals surface area contributed by atoms with Crippen molar-refractivity contribution in [1.29, 1.82) is 0 Å². The summed E-state index contributed by atoms with van der Waals surface area (Å²) in [6, 6.07) is 13.4. The van der Waals surface area contributed by atoms with E-state index in [4.69, 9.17) is 21.1 Å². The van der Waals surface area contributed by atoms with Crippen LogP contribution < -0.4 is 14.8 Å². The fraction of sp³-hybridized carbons (Fsp3) is 0.217. The van der Waals surface area contributed by atoms with Crippen LogP contribution in [0.5, 0.6) is 11.5 Å². The molecule has 0 unspecified atom stereocenters. The van der Waals surface area contributed by atoms with Gasteiger partial charge in [0, 0.05) is 12.5 Å². The Morgan fingerprint density at radius 1 is 1.17 bits per heavy atom. The van der Waals surface area contributed by atoms with Crippen molar-refractivity contribution in [2.24, 2.45) is 0 Å². The minimum atomic E-state index is -0.253. The average Bonchev–Trinajstić information content (AvgIpc) is 2.91. The van der Waals surface area contributed by atoms with Gasteiger partial charge in [0.1, 0.15) is 0 Å². The fourth-order valence-corrected chi connectivity index (χ4v) is 3.60. The second-order valence-electron chi connectivity index (χ2n) is 7.00. The molecule has 30 heavy (non-hydrogen) atoms. The molecule has 7 heteroatoms. The van der Waals surface area contributed by atoms with Gasteiger partial charge in [-0.1, -0.05) is 29.8 Å². The van der Waals surface area contributed by atoms with Crippen LogP contribution in [0.4, 0.5) is 5.69 Å². The number of nitrogens with zero attached hydrogens (tertiary/aromatic N) is 2. The molecule has 1 aliphatic heterocycles. The minimum absolute atomic E-state index is 0.253. The van der Waals surface area contributed by atoms with Crippen LogP contribution in [0.25, 0.3) is 11.8 Å². The number of carbonyl (C=O) groups is 1. The van der Waals surface area contributed by atoms with E-state index in [0.717, 1.165) is 29.1 Å². The van der Waals surface area contributed by atoms with Crippen molar-refractivity contribution in [2.45, 2.75) is 20.3 Å². The zero-order valence-electron chi connectivity index (χ0n) is 16.8. The van der Waals surface area contributed by atoms with Crippen molar-refractivity contribution >= 4 is 29.3 Å². The molecule has 0 saturated heterocycles. The molecule has 6 nitrogen and oxygen atoms in total. The number of hydrogen-bond acceptors (Lipinski definition) is 4. The van der Waals surface area contributed by atoms with Gasteiger partial charge in [-0.3, -0.25) is 4.79 Å². The normalized spacial score (nSPS) is 13.3. The lowest BCUT2D eigenvalue weighted by atomic mass is 10.2. The van der Waals surface area contributed by atoms with Crippen LogP contribution >= 0.6 is 11.6 Å². The Morgan fingerprint density at radius 3 is 2.73 bits per heavy atom. The van der Waals surface area contributed by atoms with E-state index >= 15 is 0 Å². The summed E-state index contributed by atoms with van der Waals surface area (Å²) in [4.78, 5) is 12.5. The molecule has 0 atom stereocenters. The van der Waals surface area contributed by atoms with E-state index in [1.54, 1.807) is 12.1 Å². The summed E-state index contributed by atoms with van der Waals surface area (Å²) in [5.41, 5.74) is 4.00. The standard InChI is InChI=1S/C23H22ClN3O3/c1-15-22(16(2)27(26-15)18-7-4-3-5-8-18)25-21(28)10-9-17-13-19(24)23-20(14-17)29-11-6-12-30-23/h3-5,7-10,13-14H,6,11-12H2,1-2H3,(H,25,28). The summed E-state index contributed by atoms with van der Waals surface area (Å²) in [5.74, 6) is 0.892. The third-order valence-electron chi connectivity index (χ3n) is 4.79. The molecule has 0 bridgehead atoms. The molecule has 1 aromatic heterocycles. The van der Waals surface area contributed by atoms with Gasteiger partial charge < -0.3 is 14.8 Å². The van der Waals surface area contributed by atoms with Crippen LogP contribution in [0.3, 0.4) is 0 Å². The summed E-state index contributed by atoms with van der Waals surface area (Å²) in [5, 5.41) is 7.94. The smallest absolute Gasteiger partial charge is 0.248 e. The van der Waals surface area contributed by atoms with Crippen LogP contribution in [-0.2, 0) is 4.79 Å². The van der Waals surface area contributed by atoms with E-state index in [1.807, 2.05) is 54.9 Å². The Bertz CT molecular complexity index is 1110. The summed E-state index contributed by atoms with van der Waals surface area (Å²) >= 11 is 6.32. The highest BCUT2D eigenvalue weighted by molar-refractivity contribution is 6.32. The number of ether oxygens (including phenoxy) is 2. The molecule has 0 aliphatic carbocycles. The molecule has 1 amide bonds. The highest BCUT2D eigenvalue weighted by atomic mass is 35.5. The summed E-state index contributed by atoms with van der Waals surface area (Å²) in [6.07, 6.45) is 3.96. The highest BCUT2D eigenvalue weighted by Gasteiger charge is 2.16. The molecule has 1 aliphatic rings. The van der Waals surface area contributed by atoms with Crippen molar-refractivity contribution in [2.75, 3.05) is 18.5 Å². The molecular weight excluding hydrogens is 402 g/mol. The first-order chi connectivity index (χ1) is 14.5. The highest BCUT2D eigenvalue weighted by Crippen LogP contribution is 2.38. The number of fused-ring (bicyclic) bond motifs is 1. The molecule has 1 N–H and O–H groups in total. The summed E-state index contributed by atoms with van der Waals surface area (Å²) < 4.78 is 13.1. The molecule has 0 spiro atoms. The topological polar surface area (TPSA) is 65.4 Å². The number of nitrogens with one attached hydrogen (secondary N) is 1. The number of aryl methyl sites for hydroxylation is 1. The molecule has 154 valence electrons. The number of aromatic nitrogens is 2. The van der Waals surface area contributed by atoms with Crippen LogP contribution in [0.15, 0.2) is 48.5 Å². The van der Waals surface area contributed by atoms with E-state index in [0.29, 0.717) is 35.4 Å². The summed E-state index contributed by atoms with van der Waals surface area (Å²) in [6.45, 7) is 4.94. The lowest BCUT2D eigenvalue weighted by Crippen LogP contribution is -2.09. The molecule has 2 heterocycles. The van der Waals surface area contributed by atoms with Gasteiger partial charge in [-0.15, -0.1) is 0 Å². The van der Waals surface area contributed by atoms with Crippen molar-refractivity contribution < 1.29 is 14.3 Å². The van der Waals surface area contributed by atoms with E-state index in [-0.39, 0.29) is 5.91 Å². The van der Waals surface area contributed by atoms with Gasteiger partial charge in [0.2, 0.25) is 5.91 Å². The number of carbonyl (C=O) groups excluding carboxylic acids is 1. The molecule has 0 fully saturated rings. The molecule has 0 radical (unpaired) electrons. The van der Waals surface area contributed by atoms with Gasteiger partial charge in [-0.25, -0.2) is 4.68 Å². The van der Waals surface area contributed by atoms with Gasteiger partial charge in [0.25, 0.3) is 0 Å². The molecule has 2 aromatic carbocycles. The Morgan fingerprint density at radius 2 is 1.93 bits per heavy atom. The van der Waals surface area contributed by atoms with Crippen molar-refractivity contribution in [3.8, 4) is 17.2 Å². The molecule has 0 saturated carbocycles. The van der Waals surface area contributed by atoms with E-state index in [9.17, 15) is 4.79 Å². The van der Waals surface area contributed by atoms with Crippen LogP contribution in [0.1, 0.15) is 23.4 Å². The number of anilines is 1. The van der Waals surface area contributed by atoms with Crippen LogP contribution in [-0.4, -0.2) is 28.9 Å². The van der Waals surface area contributed by atoms with Gasteiger partial charge in [-0.2, -0.15) is 5.10 Å². The Kier molecular flexibility index (Phi) is 5.77. The predicted molar refractivity (Wildman–Crippen MR) is 118 cm³/mol. The first kappa shape index (κ1) is 20.0. The summed E-state index contributed by atoms with van der Waals surface area (Å²) in [7, 11) is 0. The number of rotatable bonds is 4. The van der Waals surface area contributed by atoms with Crippen molar-refractivity contribution in [3.05, 3.63) is 70.5 Å². The predicted octanol–water partition coefficient (Wildman–Crippen LogP) is 4.96. The number of benzene rings is 2. The maximum Gasteiger partial charge on any atom is 0.248 e. The lowest BCUT2D eigenvalue weighted by Gasteiger charge is -2.10. The molecular formula is C23H22ClN3O3. The first-order valence-electron chi connectivity index (χ1n) is 9.73. The number of para-hydroxylation sites is 1. The fourth-order valence-electron chi connectivity index (χ4n) is 3.33. The van der Waals surface area contributed by atoms with Gasteiger partial charge in [0.05, 0.1) is 41.0 Å². The third kappa shape index (κ3) is 4.19. The van der Waals surface area contributed by atoms with Gasteiger partial charge in [0.15, 0.2) is 11.5 Å². The zero-order chi connectivity index (χ0) is 21.1. The van der Waals surface area contributed by atoms with Crippen LogP contribution in [0.2, 0.25) is 5.02 Å². The average molecular weight is 424 g/mol. The first-order valence-corrected chi connectivity index (χ1v) is 10.1. The second kappa shape index (κ2) is 8.63. The SMILES string of the molecule is Cc1nn(-c2ccccc2)c(C)c1NC(=O)C=Cc1cc(Cl)c2c(c1)OCCCO2. The molecule has 4 rings (SSSR count). The zero-order valence-corrected chi connectivity index (χ0v) is 17.6. The number of halogens is 1. The number of amides is 1. The second-order valence-corrected chi connectivity index (χ2v) is 7.40. The van der Waals surface area contributed by atoms with E-state index < -0.39 is 0 Å². The third-order valence-corrected chi connectivity index (χ3v) is 5.07. The van der Waals surface area contributed by atoms with Gasteiger partial charge in [-0.05, 0) is 49.8 Å². The quantitative estimate of drug-likeness (QED) is 0.602. The number of hydrogen-bond donors (Lipinski definition) is 1. The van der Waals surface area contributed by atoms with Crippen LogP contribution in [0, 0.1) is 13.8 Å². The Balaban J connectivity index is 1.52. The Labute approximate surface area is 180 Å². The maximum absolute atomic E-state index is 12.5. The lowest BCUT2D eigenvalue weighted by molar-refractivity contribution is -0.111.